The number of carbonyl (C=O) groups excluding carboxylic acids is 1. The molecule has 5 rings (SSSR count). The number of hydrogen-bond donors (Lipinski definition) is 3. The van der Waals surface area contributed by atoms with Gasteiger partial charge in [0.05, 0.1) is 57.7 Å². The van der Waals surface area contributed by atoms with Gasteiger partial charge < -0.3 is 20.2 Å². The van der Waals surface area contributed by atoms with E-state index >= 15 is 0 Å². The normalized spacial score (nSPS) is 12.7. The van der Waals surface area contributed by atoms with E-state index in [9.17, 15) is 14.3 Å². The standard InChI is InChI=1S/C25H21FN6O3/c1-25(2,34)23(26)13-29-24(33)17-12-28-19(9-18(17)31-20-8-16-4-6-22(20)35-16)21-5-3-15-7-14(10-27)11-30-32(15)21/h3-9,11-12,23,34H,13H2,1-2H3,(H,28,31)(H,29,33)/t23-/m1/s1. The summed E-state index contributed by atoms with van der Waals surface area (Å²) in [5, 5.41) is 29.0. The molecular weight excluding hydrogens is 451 g/mol. The van der Waals surface area contributed by atoms with E-state index < -0.39 is 17.7 Å². The Morgan fingerprint density at radius 1 is 1.23 bits per heavy atom. The van der Waals surface area contributed by atoms with Crippen LogP contribution in [0.4, 0.5) is 15.8 Å². The third-order valence-corrected chi connectivity index (χ3v) is 5.70. The van der Waals surface area contributed by atoms with Crippen molar-refractivity contribution < 1.29 is 18.7 Å². The second kappa shape index (κ2) is 8.38. The van der Waals surface area contributed by atoms with Crippen molar-refractivity contribution in [2.24, 2.45) is 0 Å². The van der Waals surface area contributed by atoms with Crippen LogP contribution in [0.5, 0.6) is 0 Å². The van der Waals surface area contributed by atoms with Gasteiger partial charge in [0, 0.05) is 12.3 Å². The second-order valence-electron chi connectivity index (χ2n) is 8.74. The van der Waals surface area contributed by atoms with Crippen molar-refractivity contribution in [2.75, 3.05) is 11.9 Å². The number of fused-ring (bicyclic) bond motifs is 3. The summed E-state index contributed by atoms with van der Waals surface area (Å²) < 4.78 is 21.4. The Labute approximate surface area is 199 Å². The van der Waals surface area contributed by atoms with Crippen LogP contribution in [0.3, 0.4) is 0 Å². The first-order chi connectivity index (χ1) is 16.7. The van der Waals surface area contributed by atoms with Crippen molar-refractivity contribution >= 4 is 34.0 Å². The average Bonchev–Trinajstić information content (AvgIpc) is 3.57. The lowest BCUT2D eigenvalue weighted by molar-refractivity contribution is -0.00177. The smallest absolute Gasteiger partial charge is 0.255 e. The molecule has 5 aromatic rings. The molecule has 35 heavy (non-hydrogen) atoms. The molecule has 9 nitrogen and oxygen atoms in total. The zero-order valence-corrected chi connectivity index (χ0v) is 18.9. The summed E-state index contributed by atoms with van der Waals surface area (Å²) in [5.41, 5.74) is 3.35. The zero-order valence-electron chi connectivity index (χ0n) is 18.9. The Hall–Kier alpha value is -4.49. The maximum Gasteiger partial charge on any atom is 0.255 e. The van der Waals surface area contributed by atoms with Gasteiger partial charge in [0.25, 0.3) is 5.91 Å². The van der Waals surface area contributed by atoms with Crippen LogP contribution in [0.15, 0.2) is 59.3 Å². The van der Waals surface area contributed by atoms with E-state index in [2.05, 4.69) is 26.8 Å². The van der Waals surface area contributed by atoms with Gasteiger partial charge in [0.2, 0.25) is 0 Å². The lowest BCUT2D eigenvalue weighted by Crippen LogP contribution is -2.42. The lowest BCUT2D eigenvalue weighted by atomic mass is 10.0. The van der Waals surface area contributed by atoms with Crippen molar-refractivity contribution in [3.05, 3.63) is 66.0 Å². The Morgan fingerprint density at radius 3 is 2.74 bits per heavy atom. The van der Waals surface area contributed by atoms with Crippen LogP contribution >= 0.6 is 0 Å². The van der Waals surface area contributed by atoms with E-state index in [0.29, 0.717) is 39.5 Å². The third-order valence-electron chi connectivity index (χ3n) is 5.70. The highest BCUT2D eigenvalue weighted by Gasteiger charge is 2.27. The van der Waals surface area contributed by atoms with Crippen molar-refractivity contribution in [3.8, 4) is 17.5 Å². The molecule has 0 radical (unpaired) electrons. The van der Waals surface area contributed by atoms with Gasteiger partial charge in [-0.15, -0.1) is 0 Å². The van der Waals surface area contributed by atoms with Gasteiger partial charge >= 0.3 is 0 Å². The summed E-state index contributed by atoms with van der Waals surface area (Å²) in [6.07, 6.45) is 1.21. The molecule has 176 valence electrons. The minimum Gasteiger partial charge on any atom is -0.455 e. The molecular formula is C25H21FN6O3. The summed E-state index contributed by atoms with van der Waals surface area (Å²) in [5.74, 6) is -0.548. The third kappa shape index (κ3) is 4.25. The fraction of sp³-hybridized carbons (Fsp3) is 0.200. The Kier molecular flexibility index (Phi) is 5.34. The molecule has 0 aromatic carbocycles. The largest absolute Gasteiger partial charge is 0.455 e. The van der Waals surface area contributed by atoms with Crippen molar-refractivity contribution in [1.29, 1.82) is 5.26 Å². The lowest BCUT2D eigenvalue weighted by Gasteiger charge is -2.22. The zero-order chi connectivity index (χ0) is 24.7. The Balaban J connectivity index is 1.51. The number of furan rings is 2. The topological polar surface area (TPSA) is 128 Å². The predicted molar refractivity (Wildman–Crippen MR) is 127 cm³/mol. The molecule has 0 saturated heterocycles. The van der Waals surface area contributed by atoms with Crippen molar-refractivity contribution in [2.45, 2.75) is 25.6 Å². The number of anilines is 2. The number of nitrogens with one attached hydrogen (secondary N) is 2. The number of carbonyl (C=O) groups is 1. The first kappa shape index (κ1) is 22.3. The number of benzene rings is 1. The number of alkyl halides is 1. The maximum absolute atomic E-state index is 14.2. The summed E-state index contributed by atoms with van der Waals surface area (Å²) >= 11 is 0. The molecule has 10 heteroatoms. The van der Waals surface area contributed by atoms with E-state index in [1.807, 2.05) is 24.3 Å². The second-order valence-corrected chi connectivity index (χ2v) is 8.74. The number of nitriles is 1. The summed E-state index contributed by atoms with van der Waals surface area (Å²) in [6, 6.07) is 14.6. The minimum absolute atomic E-state index is 0.190. The molecule has 0 aliphatic carbocycles. The van der Waals surface area contributed by atoms with Crippen LogP contribution in [0.1, 0.15) is 29.8 Å². The van der Waals surface area contributed by atoms with Gasteiger partial charge in [-0.3, -0.25) is 9.78 Å². The van der Waals surface area contributed by atoms with Gasteiger partial charge in [-0.2, -0.15) is 10.4 Å². The molecule has 0 saturated carbocycles. The molecule has 0 aliphatic heterocycles. The van der Waals surface area contributed by atoms with E-state index in [-0.39, 0.29) is 12.1 Å². The number of aliphatic hydroxyl groups is 1. The molecule has 5 heterocycles. The highest BCUT2D eigenvalue weighted by atomic mass is 19.1. The van der Waals surface area contributed by atoms with Gasteiger partial charge in [-0.05, 0) is 50.2 Å². The molecule has 2 bridgehead atoms. The van der Waals surface area contributed by atoms with Crippen LogP contribution in [0, 0.1) is 11.3 Å². The molecule has 0 aliphatic rings. The Morgan fingerprint density at radius 2 is 2.06 bits per heavy atom. The number of aromatic nitrogens is 3. The molecule has 3 N–H and O–H groups in total. The van der Waals surface area contributed by atoms with Crippen LogP contribution in [-0.4, -0.2) is 43.9 Å². The molecule has 0 spiro atoms. The monoisotopic (exact) mass is 472 g/mol. The summed E-state index contributed by atoms with van der Waals surface area (Å²) in [6.45, 7) is 2.32. The van der Waals surface area contributed by atoms with Crippen molar-refractivity contribution in [1.82, 2.24) is 19.9 Å². The van der Waals surface area contributed by atoms with Crippen LogP contribution in [0.2, 0.25) is 0 Å². The number of rotatable bonds is 7. The van der Waals surface area contributed by atoms with E-state index in [1.54, 1.807) is 22.7 Å². The molecule has 0 unspecified atom stereocenters. The van der Waals surface area contributed by atoms with Crippen molar-refractivity contribution in [3.63, 3.8) is 0 Å². The molecule has 5 aromatic heterocycles. The number of halogens is 1. The average molecular weight is 472 g/mol. The first-order valence-corrected chi connectivity index (χ1v) is 10.8. The van der Waals surface area contributed by atoms with Crippen LogP contribution in [-0.2, 0) is 0 Å². The van der Waals surface area contributed by atoms with Crippen LogP contribution in [0.25, 0.3) is 28.1 Å². The quantitative estimate of drug-likeness (QED) is 0.326. The number of hydrogen-bond acceptors (Lipinski definition) is 7. The maximum atomic E-state index is 14.2. The van der Waals surface area contributed by atoms with Gasteiger partial charge in [-0.25, -0.2) is 8.91 Å². The van der Waals surface area contributed by atoms with E-state index in [4.69, 9.17) is 9.68 Å². The van der Waals surface area contributed by atoms with Gasteiger partial charge in [0.15, 0.2) is 5.58 Å². The van der Waals surface area contributed by atoms with Crippen LogP contribution < -0.4 is 10.6 Å². The van der Waals surface area contributed by atoms with Gasteiger partial charge in [0.1, 0.15) is 17.8 Å². The number of pyridine rings is 1. The number of amides is 1. The summed E-state index contributed by atoms with van der Waals surface area (Å²) in [4.78, 5) is 17.4. The molecule has 1 amide bonds. The fourth-order valence-electron chi connectivity index (χ4n) is 3.69. The highest BCUT2D eigenvalue weighted by molar-refractivity contribution is 6.01. The fourth-order valence-corrected chi connectivity index (χ4v) is 3.69. The highest BCUT2D eigenvalue weighted by Crippen LogP contribution is 2.32. The molecule has 1 atom stereocenters. The number of nitrogens with zero attached hydrogens (tertiary/aromatic N) is 4. The van der Waals surface area contributed by atoms with E-state index in [0.717, 1.165) is 5.52 Å². The SMILES string of the molecule is CC(C)(O)[C@H](F)CNC(=O)c1cnc(-c2ccc3cc(C#N)cnn23)cc1Nc1cc2ccc1o2. The van der Waals surface area contributed by atoms with E-state index in [1.165, 1.54) is 26.2 Å². The molecule has 0 fully saturated rings. The predicted octanol–water partition coefficient (Wildman–Crippen LogP) is 4.03. The summed E-state index contributed by atoms with van der Waals surface area (Å²) in [7, 11) is 0. The first-order valence-electron chi connectivity index (χ1n) is 10.8. The van der Waals surface area contributed by atoms with Gasteiger partial charge in [-0.1, -0.05) is 0 Å². The minimum atomic E-state index is -1.65. The Bertz CT molecular complexity index is 1580.